The first kappa shape index (κ1) is 32.5. The van der Waals surface area contributed by atoms with Crippen molar-refractivity contribution in [3.05, 3.63) is 160 Å². The molecule has 0 unspecified atom stereocenters. The predicted molar refractivity (Wildman–Crippen MR) is 227 cm³/mol. The molecule has 1 spiro atoms. The SMILES string of the molecule is CC1(C)c2ccccc2-c2ccc(N(c3ccc4c(c3)C(C)(C)c3cc(C5CCCCC5)ccc3-4)c3ccc4c(c3)C3(CCCC3)c3ccccc3-4)cc21. The highest BCUT2D eigenvalue weighted by atomic mass is 15.1. The highest BCUT2D eigenvalue weighted by Crippen LogP contribution is 2.59. The highest BCUT2D eigenvalue weighted by molar-refractivity contribution is 5.90. The minimum absolute atomic E-state index is 0.0707. The zero-order valence-corrected chi connectivity index (χ0v) is 32.4. The number of nitrogens with zero attached hydrogens (tertiary/aromatic N) is 1. The first-order valence-electron chi connectivity index (χ1n) is 20.8. The second-order valence-electron chi connectivity index (χ2n) is 18.3. The molecule has 0 heterocycles. The van der Waals surface area contributed by atoms with Crippen LogP contribution in [-0.4, -0.2) is 0 Å². The summed E-state index contributed by atoms with van der Waals surface area (Å²) in [5.74, 6) is 0.707. The van der Waals surface area contributed by atoms with E-state index in [4.69, 9.17) is 0 Å². The van der Waals surface area contributed by atoms with Crippen LogP contribution in [0, 0.1) is 0 Å². The molecule has 5 aliphatic rings. The van der Waals surface area contributed by atoms with Gasteiger partial charge >= 0.3 is 0 Å². The molecule has 11 rings (SSSR count). The summed E-state index contributed by atoms with van der Waals surface area (Å²) in [5.41, 5.74) is 22.5. The third-order valence-corrected chi connectivity index (χ3v) is 14.8. The summed E-state index contributed by atoms with van der Waals surface area (Å²) in [6.07, 6.45) is 11.9. The molecule has 0 atom stereocenters. The molecule has 5 aliphatic carbocycles. The van der Waals surface area contributed by atoms with Crippen molar-refractivity contribution in [3.8, 4) is 33.4 Å². The lowest BCUT2D eigenvalue weighted by molar-refractivity contribution is 0.443. The third-order valence-electron chi connectivity index (χ3n) is 14.8. The summed E-state index contributed by atoms with van der Waals surface area (Å²) >= 11 is 0. The molecule has 0 amide bonds. The zero-order chi connectivity index (χ0) is 36.4. The molecule has 1 heteroatoms. The van der Waals surface area contributed by atoms with Crippen molar-refractivity contribution in [1.82, 2.24) is 0 Å². The Balaban J connectivity index is 1.08. The van der Waals surface area contributed by atoms with E-state index in [1.807, 2.05) is 0 Å². The lowest BCUT2D eigenvalue weighted by Gasteiger charge is -2.31. The maximum Gasteiger partial charge on any atom is 0.0465 e. The van der Waals surface area contributed by atoms with E-state index in [-0.39, 0.29) is 16.2 Å². The largest absolute Gasteiger partial charge is 0.310 e. The Morgan fingerprint density at radius 3 is 1.46 bits per heavy atom. The fourth-order valence-corrected chi connectivity index (χ4v) is 12.0. The van der Waals surface area contributed by atoms with E-state index in [1.54, 1.807) is 11.1 Å². The Kier molecular flexibility index (Phi) is 6.97. The van der Waals surface area contributed by atoms with Gasteiger partial charge in [-0.3, -0.25) is 0 Å². The fraction of sp³-hybridized carbons (Fsp3) is 0.321. The van der Waals surface area contributed by atoms with Crippen LogP contribution in [0.15, 0.2) is 121 Å². The van der Waals surface area contributed by atoms with Gasteiger partial charge < -0.3 is 4.90 Å². The number of hydrogen-bond donors (Lipinski definition) is 0. The lowest BCUT2D eigenvalue weighted by atomic mass is 9.76. The monoisotopic (exact) mass is 701 g/mol. The van der Waals surface area contributed by atoms with Crippen LogP contribution in [0.2, 0.25) is 0 Å². The van der Waals surface area contributed by atoms with Crippen LogP contribution in [0.1, 0.15) is 130 Å². The van der Waals surface area contributed by atoms with E-state index in [2.05, 4.69) is 154 Å². The molecule has 2 fully saturated rings. The molecule has 2 saturated carbocycles. The maximum absolute atomic E-state index is 2.59. The highest BCUT2D eigenvalue weighted by Gasteiger charge is 2.45. The molecule has 6 aromatic rings. The molecule has 0 N–H and O–H groups in total. The van der Waals surface area contributed by atoms with Gasteiger partial charge in [-0.15, -0.1) is 0 Å². The van der Waals surface area contributed by atoms with Gasteiger partial charge in [-0.1, -0.05) is 145 Å². The van der Waals surface area contributed by atoms with Gasteiger partial charge in [-0.05, 0) is 140 Å². The van der Waals surface area contributed by atoms with Crippen molar-refractivity contribution in [2.24, 2.45) is 0 Å². The fourth-order valence-electron chi connectivity index (χ4n) is 12.0. The second kappa shape index (κ2) is 11.6. The van der Waals surface area contributed by atoms with Crippen molar-refractivity contribution >= 4 is 17.1 Å². The summed E-state index contributed by atoms with van der Waals surface area (Å²) in [5, 5.41) is 0. The summed E-state index contributed by atoms with van der Waals surface area (Å²) in [4.78, 5) is 2.58. The van der Waals surface area contributed by atoms with Crippen LogP contribution < -0.4 is 4.90 Å². The van der Waals surface area contributed by atoms with Gasteiger partial charge in [0, 0.05) is 33.3 Å². The molecule has 0 aliphatic heterocycles. The van der Waals surface area contributed by atoms with Crippen LogP contribution >= 0.6 is 0 Å². The van der Waals surface area contributed by atoms with Crippen molar-refractivity contribution in [2.45, 2.75) is 108 Å². The number of rotatable bonds is 4. The minimum Gasteiger partial charge on any atom is -0.310 e. The van der Waals surface area contributed by atoms with Crippen LogP contribution in [0.4, 0.5) is 17.1 Å². The molecule has 0 radical (unpaired) electrons. The predicted octanol–water partition coefficient (Wildman–Crippen LogP) is 14.7. The topological polar surface area (TPSA) is 3.24 Å². The Labute approximate surface area is 322 Å². The smallest absolute Gasteiger partial charge is 0.0465 e. The third kappa shape index (κ3) is 4.45. The van der Waals surface area contributed by atoms with Gasteiger partial charge in [0.2, 0.25) is 0 Å². The molecule has 0 bridgehead atoms. The molecule has 268 valence electrons. The Bertz CT molecular complexity index is 2500. The van der Waals surface area contributed by atoms with Crippen molar-refractivity contribution in [1.29, 1.82) is 0 Å². The van der Waals surface area contributed by atoms with Gasteiger partial charge in [0.05, 0.1) is 0 Å². The van der Waals surface area contributed by atoms with Gasteiger partial charge in [0.15, 0.2) is 0 Å². The number of fused-ring (bicyclic) bond motifs is 11. The molecule has 0 saturated heterocycles. The zero-order valence-electron chi connectivity index (χ0n) is 32.4. The van der Waals surface area contributed by atoms with Crippen LogP contribution in [-0.2, 0) is 16.2 Å². The second-order valence-corrected chi connectivity index (χ2v) is 18.3. The first-order valence-corrected chi connectivity index (χ1v) is 20.8. The molecule has 0 aromatic heterocycles. The van der Waals surface area contributed by atoms with E-state index in [1.165, 1.54) is 136 Å². The number of hydrogen-bond acceptors (Lipinski definition) is 1. The van der Waals surface area contributed by atoms with E-state index in [9.17, 15) is 0 Å². The summed E-state index contributed by atoms with van der Waals surface area (Å²) in [6, 6.07) is 47.8. The van der Waals surface area contributed by atoms with E-state index in [0.717, 1.165) is 0 Å². The van der Waals surface area contributed by atoms with E-state index < -0.39 is 0 Å². The Morgan fingerprint density at radius 1 is 0.407 bits per heavy atom. The normalized spacial score (nSPS) is 19.2. The van der Waals surface area contributed by atoms with Crippen molar-refractivity contribution in [2.75, 3.05) is 4.90 Å². The van der Waals surface area contributed by atoms with Gasteiger partial charge in [0.1, 0.15) is 0 Å². The number of anilines is 3. The van der Waals surface area contributed by atoms with Crippen LogP contribution in [0.3, 0.4) is 0 Å². The quantitative estimate of drug-likeness (QED) is 0.177. The number of benzene rings is 6. The Hall–Kier alpha value is -4.88. The Morgan fingerprint density at radius 2 is 0.852 bits per heavy atom. The molecular weight excluding hydrogens is 651 g/mol. The standard InChI is InChI=1S/C53H51N/c1-51(2)45-18-10-8-16-39(45)42-25-21-36(31-48(42)51)54(38-23-27-44-40-17-9-11-19-46(40)53(50(44)33-38)28-12-13-29-53)37-22-26-43-41-24-20-35(34-14-6-5-7-15-34)30-47(41)52(3,4)49(43)32-37/h8-11,16-27,30-34H,5-7,12-15,28-29H2,1-4H3. The lowest BCUT2D eigenvalue weighted by Crippen LogP contribution is -2.21. The van der Waals surface area contributed by atoms with Gasteiger partial charge in [-0.25, -0.2) is 0 Å². The first-order chi connectivity index (χ1) is 26.3. The average molecular weight is 702 g/mol. The molecule has 54 heavy (non-hydrogen) atoms. The maximum atomic E-state index is 2.59. The average Bonchev–Trinajstić information content (AvgIpc) is 3.92. The molecule has 1 nitrogen and oxygen atoms in total. The van der Waals surface area contributed by atoms with Gasteiger partial charge in [-0.2, -0.15) is 0 Å². The van der Waals surface area contributed by atoms with Crippen LogP contribution in [0.25, 0.3) is 33.4 Å². The summed E-state index contributed by atoms with van der Waals surface area (Å²) in [6.45, 7) is 9.72. The van der Waals surface area contributed by atoms with Crippen molar-refractivity contribution in [3.63, 3.8) is 0 Å². The van der Waals surface area contributed by atoms with Gasteiger partial charge in [0.25, 0.3) is 0 Å². The van der Waals surface area contributed by atoms with E-state index in [0.29, 0.717) is 5.92 Å². The van der Waals surface area contributed by atoms with Crippen LogP contribution in [0.5, 0.6) is 0 Å². The summed E-state index contributed by atoms with van der Waals surface area (Å²) in [7, 11) is 0. The molecule has 6 aromatic carbocycles. The molecular formula is C53H51N. The van der Waals surface area contributed by atoms with E-state index >= 15 is 0 Å². The van der Waals surface area contributed by atoms with Crippen molar-refractivity contribution < 1.29 is 0 Å². The summed E-state index contributed by atoms with van der Waals surface area (Å²) < 4.78 is 0. The minimum atomic E-state index is -0.0773.